The molecule has 1 fully saturated rings. The Morgan fingerprint density at radius 3 is 2.36 bits per heavy atom. The highest BCUT2D eigenvalue weighted by Gasteiger charge is 2.22. The maximum Gasteiger partial charge on any atom is 0.253 e. The largest absolute Gasteiger partial charge is 0.494 e. The molecule has 4 nitrogen and oxygen atoms in total. The van der Waals surface area contributed by atoms with E-state index in [1.165, 1.54) is 11.1 Å². The molecule has 0 aromatic heterocycles. The summed E-state index contributed by atoms with van der Waals surface area (Å²) in [6, 6.07) is 16.0. The third-order valence-corrected chi connectivity index (χ3v) is 4.62. The van der Waals surface area contributed by atoms with E-state index in [2.05, 4.69) is 17.0 Å². The highest BCUT2D eigenvalue weighted by atomic mass is 16.5. The van der Waals surface area contributed by atoms with E-state index in [-0.39, 0.29) is 5.91 Å². The Balaban J connectivity index is 1.57. The summed E-state index contributed by atoms with van der Waals surface area (Å²) in [5.41, 5.74) is 3.16. The Morgan fingerprint density at radius 2 is 1.68 bits per heavy atom. The van der Waals surface area contributed by atoms with Gasteiger partial charge in [-0.2, -0.15) is 0 Å². The summed E-state index contributed by atoms with van der Waals surface area (Å²) >= 11 is 0. The summed E-state index contributed by atoms with van der Waals surface area (Å²) in [7, 11) is 0. The van der Waals surface area contributed by atoms with Crippen molar-refractivity contribution in [3.05, 3.63) is 65.2 Å². The Labute approximate surface area is 150 Å². The average Bonchev–Trinajstić information content (AvgIpc) is 2.64. The van der Waals surface area contributed by atoms with Gasteiger partial charge in [0.05, 0.1) is 6.61 Å². The van der Waals surface area contributed by atoms with Crippen molar-refractivity contribution in [2.75, 3.05) is 32.8 Å². The van der Waals surface area contributed by atoms with Gasteiger partial charge in [-0.15, -0.1) is 0 Å². The number of hydrogen-bond acceptors (Lipinski definition) is 3. The fraction of sp³-hybridized carbons (Fsp3) is 0.381. The normalized spacial score (nSPS) is 15.2. The molecule has 25 heavy (non-hydrogen) atoms. The monoisotopic (exact) mass is 338 g/mol. The van der Waals surface area contributed by atoms with E-state index in [1.54, 1.807) is 0 Å². The molecule has 0 bridgehead atoms. The average molecular weight is 338 g/mol. The number of carbonyl (C=O) groups is 1. The first kappa shape index (κ1) is 17.5. The minimum atomic E-state index is 0.134. The molecule has 1 saturated heterocycles. The molecule has 2 aromatic rings. The van der Waals surface area contributed by atoms with Crippen molar-refractivity contribution in [2.24, 2.45) is 0 Å². The van der Waals surface area contributed by atoms with Crippen LogP contribution in [0.15, 0.2) is 48.5 Å². The number of para-hydroxylation sites is 1. The van der Waals surface area contributed by atoms with Crippen LogP contribution in [0.2, 0.25) is 0 Å². The minimum Gasteiger partial charge on any atom is -0.494 e. The molecule has 0 N–H and O–H groups in total. The molecule has 1 heterocycles. The quantitative estimate of drug-likeness (QED) is 0.838. The molecule has 2 aromatic carbocycles. The summed E-state index contributed by atoms with van der Waals surface area (Å²) < 4.78 is 5.71. The molecule has 0 atom stereocenters. The molecule has 0 saturated carbocycles. The predicted molar refractivity (Wildman–Crippen MR) is 100.0 cm³/mol. The van der Waals surface area contributed by atoms with Crippen LogP contribution in [0, 0.1) is 6.92 Å². The summed E-state index contributed by atoms with van der Waals surface area (Å²) in [4.78, 5) is 16.9. The van der Waals surface area contributed by atoms with Gasteiger partial charge in [0.2, 0.25) is 0 Å². The van der Waals surface area contributed by atoms with Crippen molar-refractivity contribution >= 4 is 5.91 Å². The number of benzene rings is 2. The first-order valence-corrected chi connectivity index (χ1v) is 8.96. The van der Waals surface area contributed by atoms with Gasteiger partial charge < -0.3 is 9.64 Å². The van der Waals surface area contributed by atoms with Gasteiger partial charge in [-0.25, -0.2) is 0 Å². The van der Waals surface area contributed by atoms with Gasteiger partial charge in [-0.05, 0) is 32.0 Å². The van der Waals surface area contributed by atoms with Crippen LogP contribution in [-0.4, -0.2) is 48.5 Å². The lowest BCUT2D eigenvalue weighted by molar-refractivity contribution is 0.0627. The molecular weight excluding hydrogens is 312 g/mol. The molecule has 132 valence electrons. The molecule has 1 amide bonds. The van der Waals surface area contributed by atoms with Crippen LogP contribution in [0.1, 0.15) is 28.4 Å². The zero-order chi connectivity index (χ0) is 17.6. The van der Waals surface area contributed by atoms with Crippen LogP contribution < -0.4 is 4.74 Å². The topological polar surface area (TPSA) is 32.8 Å². The van der Waals surface area contributed by atoms with Crippen molar-refractivity contribution in [3.8, 4) is 5.75 Å². The van der Waals surface area contributed by atoms with E-state index in [9.17, 15) is 4.79 Å². The van der Waals surface area contributed by atoms with Gasteiger partial charge in [0.25, 0.3) is 5.91 Å². The molecule has 0 radical (unpaired) electrons. The number of piperazine rings is 1. The number of carbonyl (C=O) groups excluding carboxylic acids is 1. The lowest BCUT2D eigenvalue weighted by atomic mass is 10.1. The van der Waals surface area contributed by atoms with E-state index in [1.807, 2.05) is 55.1 Å². The maximum atomic E-state index is 12.6. The maximum absolute atomic E-state index is 12.6. The van der Waals surface area contributed by atoms with Crippen LogP contribution in [0.5, 0.6) is 5.75 Å². The molecule has 1 aliphatic rings. The third-order valence-electron chi connectivity index (χ3n) is 4.62. The van der Waals surface area contributed by atoms with E-state index in [0.29, 0.717) is 6.61 Å². The Kier molecular flexibility index (Phi) is 5.71. The number of aryl methyl sites for hydroxylation is 1. The first-order valence-electron chi connectivity index (χ1n) is 8.96. The van der Waals surface area contributed by atoms with Gasteiger partial charge in [-0.1, -0.05) is 35.9 Å². The summed E-state index contributed by atoms with van der Waals surface area (Å²) in [6.07, 6.45) is 0. The molecule has 3 rings (SSSR count). The van der Waals surface area contributed by atoms with Crippen LogP contribution in [-0.2, 0) is 6.54 Å². The standard InChI is InChI=1S/C21H26N2O2/c1-3-25-20-7-5-4-6-19(20)16-22-12-14-23(15-13-22)21(24)18-10-8-17(2)9-11-18/h4-11H,3,12-16H2,1-2H3. The Hall–Kier alpha value is -2.33. The van der Waals surface area contributed by atoms with E-state index in [0.717, 1.165) is 44.0 Å². The lowest BCUT2D eigenvalue weighted by Gasteiger charge is -2.35. The molecule has 1 aliphatic heterocycles. The van der Waals surface area contributed by atoms with Gasteiger partial charge in [-0.3, -0.25) is 9.69 Å². The van der Waals surface area contributed by atoms with Crippen molar-refractivity contribution < 1.29 is 9.53 Å². The highest BCUT2D eigenvalue weighted by Crippen LogP contribution is 2.21. The van der Waals surface area contributed by atoms with Crippen molar-refractivity contribution in [1.29, 1.82) is 0 Å². The number of rotatable bonds is 5. The fourth-order valence-corrected chi connectivity index (χ4v) is 3.16. The number of ether oxygens (including phenoxy) is 1. The van der Waals surface area contributed by atoms with Crippen LogP contribution in [0.4, 0.5) is 0 Å². The first-order chi connectivity index (χ1) is 12.2. The predicted octanol–water partition coefficient (Wildman–Crippen LogP) is 3.35. The minimum absolute atomic E-state index is 0.134. The van der Waals surface area contributed by atoms with E-state index < -0.39 is 0 Å². The van der Waals surface area contributed by atoms with Crippen LogP contribution >= 0.6 is 0 Å². The summed E-state index contributed by atoms with van der Waals surface area (Å²) in [5, 5.41) is 0. The Bertz CT molecular complexity index is 704. The van der Waals surface area contributed by atoms with Crippen molar-refractivity contribution in [1.82, 2.24) is 9.80 Å². The molecule has 0 aliphatic carbocycles. The number of nitrogens with zero attached hydrogens (tertiary/aromatic N) is 2. The Morgan fingerprint density at radius 1 is 1.00 bits per heavy atom. The molecule has 0 unspecified atom stereocenters. The highest BCUT2D eigenvalue weighted by molar-refractivity contribution is 5.94. The SMILES string of the molecule is CCOc1ccccc1CN1CCN(C(=O)c2ccc(C)cc2)CC1. The van der Waals surface area contributed by atoms with Gasteiger partial charge >= 0.3 is 0 Å². The lowest BCUT2D eigenvalue weighted by Crippen LogP contribution is -2.48. The zero-order valence-electron chi connectivity index (χ0n) is 15.1. The third kappa shape index (κ3) is 4.40. The van der Waals surface area contributed by atoms with E-state index in [4.69, 9.17) is 4.74 Å². The van der Waals surface area contributed by atoms with Crippen molar-refractivity contribution in [3.63, 3.8) is 0 Å². The zero-order valence-corrected chi connectivity index (χ0v) is 15.1. The molecule has 0 spiro atoms. The number of amides is 1. The van der Waals surface area contributed by atoms with Gasteiger partial charge in [0, 0.05) is 43.9 Å². The van der Waals surface area contributed by atoms with E-state index >= 15 is 0 Å². The summed E-state index contributed by atoms with van der Waals surface area (Å²) in [6.45, 7) is 8.89. The van der Waals surface area contributed by atoms with Crippen LogP contribution in [0.3, 0.4) is 0 Å². The number of hydrogen-bond donors (Lipinski definition) is 0. The second kappa shape index (κ2) is 8.17. The summed E-state index contributed by atoms with van der Waals surface area (Å²) in [5.74, 6) is 1.09. The smallest absolute Gasteiger partial charge is 0.253 e. The fourth-order valence-electron chi connectivity index (χ4n) is 3.16. The molecular formula is C21H26N2O2. The molecule has 4 heteroatoms. The second-order valence-corrected chi connectivity index (χ2v) is 6.48. The van der Waals surface area contributed by atoms with Crippen molar-refractivity contribution in [2.45, 2.75) is 20.4 Å². The van der Waals surface area contributed by atoms with Crippen LogP contribution in [0.25, 0.3) is 0 Å². The second-order valence-electron chi connectivity index (χ2n) is 6.48. The van der Waals surface area contributed by atoms with Gasteiger partial charge in [0.1, 0.15) is 5.75 Å². The van der Waals surface area contributed by atoms with Gasteiger partial charge in [0.15, 0.2) is 0 Å².